The van der Waals surface area contributed by atoms with Crippen molar-refractivity contribution in [1.82, 2.24) is 0 Å². The Bertz CT molecular complexity index is 1180. The first-order valence-corrected chi connectivity index (χ1v) is 9.35. The van der Waals surface area contributed by atoms with E-state index >= 15 is 0 Å². The molecule has 0 N–H and O–H groups in total. The molecule has 1 spiro atoms. The molecule has 0 saturated carbocycles. The van der Waals surface area contributed by atoms with E-state index in [1.807, 2.05) is 12.1 Å². The predicted molar refractivity (Wildman–Crippen MR) is 109 cm³/mol. The lowest BCUT2D eigenvalue weighted by molar-refractivity contribution is -0.154. The zero-order valence-electron chi connectivity index (χ0n) is 16.1. The molecule has 2 aromatic carbocycles. The van der Waals surface area contributed by atoms with Crippen LogP contribution in [0.2, 0.25) is 5.02 Å². The highest BCUT2D eigenvalue weighted by Gasteiger charge is 2.80. The minimum atomic E-state index is -2.07. The summed E-state index contributed by atoms with van der Waals surface area (Å²) in [4.78, 5) is 33.1. The van der Waals surface area contributed by atoms with Gasteiger partial charge in [-0.15, -0.1) is 0 Å². The Kier molecular flexibility index (Phi) is 4.20. The number of likely N-dealkylation sites (N-methyl/N-ethyl adjacent to an activating group) is 1. The zero-order chi connectivity index (χ0) is 21.7. The summed E-state index contributed by atoms with van der Waals surface area (Å²) >= 11 is 6.26. The molecule has 0 aromatic heterocycles. The zero-order valence-corrected chi connectivity index (χ0v) is 16.8. The van der Waals surface area contributed by atoms with Crippen molar-refractivity contribution < 1.29 is 14.3 Å². The van der Waals surface area contributed by atoms with E-state index in [2.05, 4.69) is 4.99 Å². The standard InChI is InChI=1S/C22H15ClN4O3/c1-27-17-9-8-15(23)10-16(17)21(18(27)28)20(11-24,12-25)13-26-22(21,19(29)30-2)14-6-4-3-5-7-14/h3-10,13H,1-2H3/t21-,22-/m1/s1. The van der Waals surface area contributed by atoms with Gasteiger partial charge in [0.1, 0.15) is 0 Å². The van der Waals surface area contributed by atoms with Crippen LogP contribution < -0.4 is 4.90 Å². The summed E-state index contributed by atoms with van der Waals surface area (Å²) in [7, 11) is 2.70. The number of hydrogen-bond donors (Lipinski definition) is 0. The molecule has 30 heavy (non-hydrogen) atoms. The topological polar surface area (TPSA) is 107 Å². The molecular weight excluding hydrogens is 404 g/mol. The number of amides is 1. The number of nitriles is 2. The van der Waals surface area contributed by atoms with E-state index in [-0.39, 0.29) is 5.56 Å². The number of halogens is 1. The second-order valence-electron chi connectivity index (χ2n) is 7.13. The number of benzene rings is 2. The van der Waals surface area contributed by atoms with Gasteiger partial charge in [-0.1, -0.05) is 41.9 Å². The molecule has 0 aliphatic carbocycles. The van der Waals surface area contributed by atoms with Crippen molar-refractivity contribution in [2.24, 2.45) is 10.4 Å². The van der Waals surface area contributed by atoms with E-state index in [4.69, 9.17) is 16.3 Å². The Labute approximate surface area is 177 Å². The highest BCUT2D eigenvalue weighted by atomic mass is 35.5. The molecule has 0 radical (unpaired) electrons. The largest absolute Gasteiger partial charge is 0.467 e. The molecule has 0 fully saturated rings. The van der Waals surface area contributed by atoms with Crippen LogP contribution in [-0.2, 0) is 25.3 Å². The van der Waals surface area contributed by atoms with Gasteiger partial charge in [0.25, 0.3) is 0 Å². The molecule has 2 atom stereocenters. The molecule has 0 saturated heterocycles. The third-order valence-electron chi connectivity index (χ3n) is 5.96. The monoisotopic (exact) mass is 418 g/mol. The van der Waals surface area contributed by atoms with Crippen LogP contribution in [0.1, 0.15) is 11.1 Å². The van der Waals surface area contributed by atoms with E-state index in [0.29, 0.717) is 16.3 Å². The lowest BCUT2D eigenvalue weighted by Gasteiger charge is -2.42. The normalized spacial score (nSPS) is 25.6. The second kappa shape index (κ2) is 6.41. The van der Waals surface area contributed by atoms with Gasteiger partial charge in [-0.3, -0.25) is 9.79 Å². The van der Waals surface area contributed by atoms with Crippen LogP contribution >= 0.6 is 11.6 Å². The van der Waals surface area contributed by atoms with Crippen LogP contribution in [0.4, 0.5) is 5.69 Å². The Hall–Kier alpha value is -3.68. The van der Waals surface area contributed by atoms with Crippen LogP contribution in [0.15, 0.2) is 53.5 Å². The summed E-state index contributed by atoms with van der Waals surface area (Å²) in [5.74, 6) is -1.47. The maximum absolute atomic E-state index is 13.9. The lowest BCUT2D eigenvalue weighted by Crippen LogP contribution is -2.63. The maximum atomic E-state index is 13.9. The van der Waals surface area contributed by atoms with Gasteiger partial charge in [-0.2, -0.15) is 10.5 Å². The molecule has 4 rings (SSSR count). The van der Waals surface area contributed by atoms with Gasteiger partial charge in [-0.25, -0.2) is 4.79 Å². The number of hydrogen-bond acceptors (Lipinski definition) is 6. The number of nitrogens with zero attached hydrogens (tertiary/aromatic N) is 4. The van der Waals surface area contributed by atoms with E-state index in [1.54, 1.807) is 42.5 Å². The summed E-state index contributed by atoms with van der Waals surface area (Å²) in [6.07, 6.45) is 1.10. The Balaban J connectivity index is 2.26. The smallest absolute Gasteiger partial charge is 0.340 e. The van der Waals surface area contributed by atoms with E-state index in [1.165, 1.54) is 25.1 Å². The van der Waals surface area contributed by atoms with Gasteiger partial charge in [-0.05, 0) is 29.3 Å². The van der Waals surface area contributed by atoms with Crippen LogP contribution in [0.3, 0.4) is 0 Å². The van der Waals surface area contributed by atoms with Crippen molar-refractivity contribution in [2.45, 2.75) is 11.0 Å². The van der Waals surface area contributed by atoms with Gasteiger partial charge >= 0.3 is 5.97 Å². The molecule has 2 aliphatic rings. The van der Waals surface area contributed by atoms with Gasteiger partial charge in [0, 0.05) is 24.0 Å². The van der Waals surface area contributed by atoms with Crippen LogP contribution in [-0.4, -0.2) is 32.2 Å². The van der Waals surface area contributed by atoms with Gasteiger partial charge in [0.05, 0.1) is 19.2 Å². The summed E-state index contributed by atoms with van der Waals surface area (Å²) in [6.45, 7) is 0. The average molecular weight is 419 g/mol. The highest BCUT2D eigenvalue weighted by molar-refractivity contribution is 6.31. The minimum Gasteiger partial charge on any atom is -0.467 e. The summed E-state index contributed by atoms with van der Waals surface area (Å²) < 4.78 is 5.11. The summed E-state index contributed by atoms with van der Waals surface area (Å²) in [5, 5.41) is 20.6. The van der Waals surface area contributed by atoms with E-state index in [9.17, 15) is 20.1 Å². The van der Waals surface area contributed by atoms with Crippen LogP contribution in [0.5, 0.6) is 0 Å². The van der Waals surface area contributed by atoms with Crippen LogP contribution in [0, 0.1) is 28.1 Å². The van der Waals surface area contributed by atoms with Gasteiger partial charge in [0.2, 0.25) is 11.4 Å². The second-order valence-corrected chi connectivity index (χ2v) is 7.57. The van der Waals surface area contributed by atoms with E-state index < -0.39 is 28.2 Å². The molecule has 1 amide bonds. The number of fused-ring (bicyclic) bond motifs is 2. The van der Waals surface area contributed by atoms with Crippen LogP contribution in [0.25, 0.3) is 0 Å². The molecule has 2 aliphatic heterocycles. The fourth-order valence-corrected chi connectivity index (χ4v) is 4.84. The van der Waals surface area contributed by atoms with Crippen molar-refractivity contribution in [3.63, 3.8) is 0 Å². The van der Waals surface area contributed by atoms with Gasteiger partial charge < -0.3 is 9.64 Å². The van der Waals surface area contributed by atoms with Crippen molar-refractivity contribution in [2.75, 3.05) is 19.1 Å². The number of ether oxygens (including phenoxy) is 1. The molecule has 0 unspecified atom stereocenters. The number of esters is 1. The lowest BCUT2D eigenvalue weighted by atomic mass is 9.53. The number of methoxy groups -OCH3 is 1. The molecule has 7 nitrogen and oxygen atoms in total. The first kappa shape index (κ1) is 19.6. The minimum absolute atomic E-state index is 0.275. The third-order valence-corrected chi connectivity index (χ3v) is 6.20. The predicted octanol–water partition coefficient (Wildman–Crippen LogP) is 2.74. The molecule has 148 valence electrons. The molecule has 2 heterocycles. The number of anilines is 1. The van der Waals surface area contributed by atoms with Gasteiger partial charge in [0.15, 0.2) is 10.8 Å². The number of rotatable bonds is 2. The summed E-state index contributed by atoms with van der Waals surface area (Å²) in [6, 6.07) is 17.0. The SMILES string of the molecule is COC(=O)[C@@]1(c2ccccc2)N=CC(C#N)(C#N)[C@@]12C(=O)N(C)c1ccc(Cl)cc12. The highest BCUT2D eigenvalue weighted by Crippen LogP contribution is 2.64. The fraction of sp³-hybridized carbons (Fsp3) is 0.227. The van der Waals surface area contributed by atoms with Crippen molar-refractivity contribution in [1.29, 1.82) is 10.5 Å². The maximum Gasteiger partial charge on any atom is 0.340 e. The molecule has 2 aromatic rings. The van der Waals surface area contributed by atoms with Crippen molar-refractivity contribution in [3.05, 3.63) is 64.7 Å². The fourth-order valence-electron chi connectivity index (χ4n) is 4.67. The Morgan fingerprint density at radius 3 is 2.43 bits per heavy atom. The average Bonchev–Trinajstić information content (AvgIpc) is 3.21. The number of carbonyl (C=O) groups is 2. The van der Waals surface area contributed by atoms with Crippen molar-refractivity contribution >= 4 is 35.4 Å². The van der Waals surface area contributed by atoms with Crippen molar-refractivity contribution in [3.8, 4) is 12.1 Å². The molecule has 0 bridgehead atoms. The summed E-state index contributed by atoms with van der Waals surface area (Å²) in [5.41, 5.74) is -5.04. The number of aliphatic imine (C=N–C) groups is 1. The first-order chi connectivity index (χ1) is 14.4. The molecular formula is C22H15ClN4O3. The van der Waals surface area contributed by atoms with E-state index in [0.717, 1.165) is 6.21 Å². The first-order valence-electron chi connectivity index (χ1n) is 8.97. The Morgan fingerprint density at radius 1 is 1.17 bits per heavy atom. The Morgan fingerprint density at radius 2 is 1.83 bits per heavy atom. The number of carbonyl (C=O) groups excluding carboxylic acids is 2. The quantitative estimate of drug-likeness (QED) is 0.697. The third kappa shape index (κ3) is 1.95. The molecule has 8 heteroatoms.